The summed E-state index contributed by atoms with van der Waals surface area (Å²) in [7, 11) is -3.32. The van der Waals surface area contributed by atoms with Crippen molar-refractivity contribution in [2.24, 2.45) is 0 Å². The highest BCUT2D eigenvalue weighted by Crippen LogP contribution is 2.24. The fourth-order valence-corrected chi connectivity index (χ4v) is 3.65. The first-order valence-corrected chi connectivity index (χ1v) is 10.6. The average molecular weight is 472 g/mol. The molecule has 0 aliphatic heterocycles. The lowest BCUT2D eigenvalue weighted by Crippen LogP contribution is -2.29. The zero-order valence-electron chi connectivity index (χ0n) is 16.1. The molecular formula is C17H16ClF2N7O3S. The molecule has 0 radical (unpaired) electrons. The van der Waals surface area contributed by atoms with E-state index in [0.29, 0.717) is 0 Å². The van der Waals surface area contributed by atoms with Gasteiger partial charge in [-0.1, -0.05) is 11.6 Å². The summed E-state index contributed by atoms with van der Waals surface area (Å²) < 4.78 is 50.6. The third-order valence-corrected chi connectivity index (χ3v) is 5.61. The Bertz CT molecular complexity index is 1210. The highest BCUT2D eigenvalue weighted by Gasteiger charge is 2.28. The predicted molar refractivity (Wildman–Crippen MR) is 107 cm³/mol. The minimum absolute atomic E-state index is 0.183. The molecule has 0 aliphatic carbocycles. The number of rotatable bonds is 7. The van der Waals surface area contributed by atoms with E-state index < -0.39 is 32.4 Å². The smallest absolute Gasteiger partial charge is 0.341 e. The molecule has 0 bridgehead atoms. The van der Waals surface area contributed by atoms with E-state index >= 15 is 0 Å². The summed E-state index contributed by atoms with van der Waals surface area (Å²) in [6.07, 6.45) is 3.01. The van der Waals surface area contributed by atoms with Crippen LogP contribution in [-0.2, 0) is 9.84 Å². The number of hydrogen-bond acceptors (Lipinski definition) is 8. The van der Waals surface area contributed by atoms with Gasteiger partial charge in [0.05, 0.1) is 10.9 Å². The molecule has 3 aromatic rings. The Labute approximate surface area is 180 Å². The van der Waals surface area contributed by atoms with Crippen molar-refractivity contribution in [3.63, 3.8) is 0 Å². The number of amides is 1. The number of anilines is 1. The molecule has 1 amide bonds. The molecule has 14 heteroatoms. The summed E-state index contributed by atoms with van der Waals surface area (Å²) in [6, 6.07) is 3.72. The fraction of sp³-hybridized carbons (Fsp3) is 0.235. The Balaban J connectivity index is 1.92. The van der Waals surface area contributed by atoms with Crippen molar-refractivity contribution in [3.05, 3.63) is 53.1 Å². The highest BCUT2D eigenvalue weighted by atomic mass is 35.5. The predicted octanol–water partition coefficient (Wildman–Crippen LogP) is 2.24. The maximum Gasteiger partial charge on any atom is 0.341 e. The second kappa shape index (κ2) is 8.89. The van der Waals surface area contributed by atoms with Gasteiger partial charge in [0.15, 0.2) is 5.82 Å². The largest absolute Gasteiger partial charge is 0.356 e. The van der Waals surface area contributed by atoms with Crippen molar-refractivity contribution >= 4 is 33.3 Å². The summed E-state index contributed by atoms with van der Waals surface area (Å²) >= 11 is 5.85. The van der Waals surface area contributed by atoms with Gasteiger partial charge in [0.1, 0.15) is 0 Å². The first-order chi connectivity index (χ1) is 14.6. The second-order valence-electron chi connectivity index (χ2n) is 6.18. The lowest BCUT2D eigenvalue weighted by molar-refractivity contribution is 0.0937. The van der Waals surface area contributed by atoms with E-state index in [1.807, 2.05) is 0 Å². The maximum atomic E-state index is 12.9. The Morgan fingerprint density at radius 2 is 1.87 bits per heavy atom. The van der Waals surface area contributed by atoms with Crippen LogP contribution in [0.15, 0.2) is 41.6 Å². The van der Waals surface area contributed by atoms with Crippen molar-refractivity contribution in [1.82, 2.24) is 30.0 Å². The van der Waals surface area contributed by atoms with Crippen molar-refractivity contribution in [2.45, 2.75) is 23.6 Å². The quantitative estimate of drug-likeness (QED) is 0.536. The van der Waals surface area contributed by atoms with E-state index in [9.17, 15) is 22.0 Å². The van der Waals surface area contributed by atoms with Gasteiger partial charge in [-0.3, -0.25) is 4.79 Å². The van der Waals surface area contributed by atoms with Gasteiger partial charge in [-0.25, -0.2) is 18.4 Å². The van der Waals surface area contributed by atoms with Crippen LogP contribution in [0.25, 0.3) is 5.95 Å². The zero-order chi connectivity index (χ0) is 22.8. The molecule has 1 aromatic carbocycles. The Morgan fingerprint density at radius 1 is 1.19 bits per heavy atom. The molecule has 2 aromatic heterocycles. The molecule has 0 aliphatic rings. The molecule has 31 heavy (non-hydrogen) atoms. The molecule has 10 nitrogen and oxygen atoms in total. The monoisotopic (exact) mass is 471 g/mol. The number of sulfone groups is 1. The summed E-state index contributed by atoms with van der Waals surface area (Å²) in [5, 5.41) is 9.41. The molecular weight excluding hydrogens is 456 g/mol. The normalized spacial score (nSPS) is 12.6. The van der Waals surface area contributed by atoms with Crippen molar-refractivity contribution < 1.29 is 22.0 Å². The van der Waals surface area contributed by atoms with E-state index in [0.717, 1.165) is 18.2 Å². The molecule has 0 fully saturated rings. The van der Waals surface area contributed by atoms with Gasteiger partial charge in [-0.2, -0.15) is 18.4 Å². The van der Waals surface area contributed by atoms with Gasteiger partial charge < -0.3 is 10.6 Å². The minimum atomic E-state index is -4.93. The van der Waals surface area contributed by atoms with E-state index in [1.165, 1.54) is 17.1 Å². The molecule has 164 valence electrons. The van der Waals surface area contributed by atoms with Crippen molar-refractivity contribution in [1.29, 1.82) is 0 Å². The Hall–Kier alpha value is -3.19. The van der Waals surface area contributed by atoms with E-state index in [4.69, 9.17) is 11.6 Å². The first kappa shape index (κ1) is 22.5. The number of halogens is 3. The van der Waals surface area contributed by atoms with Crippen LogP contribution < -0.4 is 10.6 Å². The Morgan fingerprint density at radius 3 is 2.48 bits per heavy atom. The molecule has 2 N–H and O–H groups in total. The standard InChI is InChI=1S/C17H16ClF2N7O3S/c1-9(13-25-16(21-2)26-27(13)17-22-4-3-5-23-17)24-14(28)10-6-11(18)8-12(7-10)31(29,30)15(19)20/h3-9,15H,1-2H3,(H,21,26)(H,24,28)/t9-/m0/s1. The topological polar surface area (TPSA) is 132 Å². The summed E-state index contributed by atoms with van der Waals surface area (Å²) in [5.74, 6) is -3.68. The number of aromatic nitrogens is 5. The lowest BCUT2D eigenvalue weighted by atomic mass is 10.2. The van der Waals surface area contributed by atoms with Crippen LogP contribution in [0.2, 0.25) is 5.02 Å². The molecule has 0 unspecified atom stereocenters. The van der Waals surface area contributed by atoms with Gasteiger partial charge in [0.2, 0.25) is 15.8 Å². The van der Waals surface area contributed by atoms with E-state index in [-0.39, 0.29) is 28.3 Å². The molecule has 1 atom stereocenters. The molecule has 0 saturated carbocycles. The average Bonchev–Trinajstić information content (AvgIpc) is 3.18. The van der Waals surface area contributed by atoms with Crippen LogP contribution in [-0.4, -0.2) is 51.9 Å². The van der Waals surface area contributed by atoms with Crippen LogP contribution in [0.5, 0.6) is 0 Å². The third-order valence-electron chi connectivity index (χ3n) is 4.03. The van der Waals surface area contributed by atoms with Crippen LogP contribution in [0.3, 0.4) is 0 Å². The van der Waals surface area contributed by atoms with Crippen LogP contribution in [0.4, 0.5) is 14.7 Å². The Kier molecular flexibility index (Phi) is 6.45. The first-order valence-electron chi connectivity index (χ1n) is 8.69. The van der Waals surface area contributed by atoms with Gasteiger partial charge in [-0.05, 0) is 31.2 Å². The van der Waals surface area contributed by atoms with Crippen molar-refractivity contribution in [2.75, 3.05) is 12.4 Å². The maximum absolute atomic E-state index is 12.9. The van der Waals surface area contributed by atoms with Gasteiger partial charge in [0, 0.05) is 30.0 Å². The van der Waals surface area contributed by atoms with E-state index in [1.54, 1.807) is 20.0 Å². The van der Waals surface area contributed by atoms with Gasteiger partial charge in [-0.15, -0.1) is 5.10 Å². The third kappa shape index (κ3) is 4.77. The molecule has 0 saturated heterocycles. The van der Waals surface area contributed by atoms with E-state index in [2.05, 4.69) is 30.7 Å². The second-order valence-corrected chi connectivity index (χ2v) is 8.53. The lowest BCUT2D eigenvalue weighted by Gasteiger charge is -2.14. The van der Waals surface area contributed by atoms with Crippen LogP contribution in [0.1, 0.15) is 29.1 Å². The summed E-state index contributed by atoms with van der Waals surface area (Å²) in [5.41, 5.74) is -0.213. The van der Waals surface area contributed by atoms with Crippen LogP contribution >= 0.6 is 11.6 Å². The molecule has 3 rings (SSSR count). The van der Waals surface area contributed by atoms with Crippen molar-refractivity contribution in [3.8, 4) is 5.95 Å². The number of benzene rings is 1. The zero-order valence-corrected chi connectivity index (χ0v) is 17.7. The van der Waals surface area contributed by atoms with Gasteiger partial charge >= 0.3 is 5.76 Å². The summed E-state index contributed by atoms with van der Waals surface area (Å²) in [4.78, 5) is 24.4. The highest BCUT2D eigenvalue weighted by molar-refractivity contribution is 7.91. The SMILES string of the molecule is CNc1nc([C@H](C)NC(=O)c2cc(Cl)cc(S(=O)(=O)C(F)F)c2)n(-c2ncccn2)n1. The molecule has 0 spiro atoms. The number of hydrogen-bond donors (Lipinski definition) is 2. The van der Waals surface area contributed by atoms with Crippen LogP contribution in [0, 0.1) is 0 Å². The minimum Gasteiger partial charge on any atom is -0.356 e. The number of carbonyl (C=O) groups is 1. The number of nitrogens with zero attached hydrogens (tertiary/aromatic N) is 5. The number of alkyl halides is 2. The summed E-state index contributed by atoms with van der Waals surface area (Å²) in [6.45, 7) is 1.60. The fourth-order valence-electron chi connectivity index (χ4n) is 2.56. The molecule has 2 heterocycles. The number of nitrogens with one attached hydrogen (secondary N) is 2. The number of carbonyl (C=O) groups excluding carboxylic acids is 1. The van der Waals surface area contributed by atoms with Gasteiger partial charge in [0.25, 0.3) is 11.9 Å².